The second-order valence-electron chi connectivity index (χ2n) is 7.68. The van der Waals surface area contributed by atoms with Crippen LogP contribution in [-0.2, 0) is 19.1 Å². The quantitative estimate of drug-likeness (QED) is 0.508. The number of hydrogen-bond donors (Lipinski definition) is 1. The minimum atomic E-state index is -1.33. The van der Waals surface area contributed by atoms with Gasteiger partial charge in [0.2, 0.25) is 0 Å². The summed E-state index contributed by atoms with van der Waals surface area (Å²) in [5.74, 6) is -3.02. The molecule has 0 unspecified atom stereocenters. The van der Waals surface area contributed by atoms with Crippen LogP contribution in [0.15, 0.2) is 64.6 Å². The van der Waals surface area contributed by atoms with E-state index in [0.29, 0.717) is 0 Å². The molecule has 10 heteroatoms. The average molecular weight is 513 g/mol. The van der Waals surface area contributed by atoms with Crippen molar-refractivity contribution in [3.63, 3.8) is 0 Å². The molecule has 4 rings (SSSR count). The number of carbonyl (C=O) groups is 2. The summed E-state index contributed by atoms with van der Waals surface area (Å²) in [6, 6.07) is 10.1. The van der Waals surface area contributed by atoms with Crippen molar-refractivity contribution in [3.8, 4) is 0 Å². The van der Waals surface area contributed by atoms with Crippen molar-refractivity contribution in [1.82, 2.24) is 4.57 Å². The molecule has 7 nitrogen and oxygen atoms in total. The zero-order valence-corrected chi connectivity index (χ0v) is 20.2. The van der Waals surface area contributed by atoms with Crippen molar-refractivity contribution < 1.29 is 27.8 Å². The minimum Gasteiger partial charge on any atom is -0.463 e. The van der Waals surface area contributed by atoms with Crippen LogP contribution >= 0.6 is 11.3 Å². The molecule has 2 aromatic carbocycles. The number of thiazole rings is 1. The van der Waals surface area contributed by atoms with Crippen molar-refractivity contribution in [2.75, 3.05) is 13.2 Å². The Morgan fingerprint density at radius 2 is 1.61 bits per heavy atom. The summed E-state index contributed by atoms with van der Waals surface area (Å²) < 4.78 is 40.9. The number of nitrogens with zero attached hydrogens (tertiary/aromatic N) is 1. The third-order valence-electron chi connectivity index (χ3n) is 5.53. The number of aromatic nitrogens is 1. The predicted molar refractivity (Wildman–Crippen MR) is 130 cm³/mol. The Morgan fingerprint density at radius 1 is 1.00 bits per heavy atom. The first-order chi connectivity index (χ1) is 17.3. The summed E-state index contributed by atoms with van der Waals surface area (Å²) in [5, 5.41) is 0. The Hall–Kier alpha value is -4.05. The van der Waals surface area contributed by atoms with Crippen molar-refractivity contribution in [3.05, 3.63) is 102 Å². The number of rotatable bonds is 6. The molecule has 0 radical (unpaired) electrons. The lowest BCUT2D eigenvalue weighted by Gasteiger charge is -2.27. The monoisotopic (exact) mass is 512 g/mol. The van der Waals surface area contributed by atoms with Gasteiger partial charge in [-0.2, -0.15) is 0 Å². The number of carbonyl (C=O) groups excluding carboxylic acids is 2. The SMILES string of the molecule is CCOC(=O)C1=C(N)C(C(=O)OCC)=c2s/c(=C/c3ccccc3F)c(=O)n2[C@@H]1c1ccccc1F. The van der Waals surface area contributed by atoms with Gasteiger partial charge < -0.3 is 15.2 Å². The highest BCUT2D eigenvalue weighted by Crippen LogP contribution is 2.33. The highest BCUT2D eigenvalue weighted by molar-refractivity contribution is 7.07. The fourth-order valence-corrected chi connectivity index (χ4v) is 5.15. The molecule has 0 bridgehead atoms. The second kappa shape index (κ2) is 10.3. The maximum absolute atomic E-state index is 15.0. The van der Waals surface area contributed by atoms with Crippen molar-refractivity contribution in [2.45, 2.75) is 19.9 Å². The van der Waals surface area contributed by atoms with Gasteiger partial charge in [0.05, 0.1) is 29.0 Å². The molecule has 1 aromatic heterocycles. The fourth-order valence-electron chi connectivity index (χ4n) is 3.99. The summed E-state index contributed by atoms with van der Waals surface area (Å²) in [6.45, 7) is 3.15. The van der Waals surface area contributed by atoms with E-state index in [1.54, 1.807) is 26.0 Å². The first-order valence-corrected chi connectivity index (χ1v) is 11.9. The molecule has 3 aromatic rings. The number of halogens is 2. The third-order valence-corrected chi connectivity index (χ3v) is 6.63. The molecule has 0 amide bonds. The van der Waals surface area contributed by atoms with Gasteiger partial charge in [0.25, 0.3) is 5.56 Å². The van der Waals surface area contributed by atoms with Crippen LogP contribution in [-0.4, -0.2) is 29.7 Å². The molecule has 1 aliphatic rings. The molecule has 2 heterocycles. The fraction of sp³-hybridized carbons (Fsp3) is 0.192. The summed E-state index contributed by atoms with van der Waals surface area (Å²) in [5.41, 5.74) is 5.04. The normalized spacial score (nSPS) is 15.6. The van der Waals surface area contributed by atoms with E-state index in [0.717, 1.165) is 15.9 Å². The lowest BCUT2D eigenvalue weighted by molar-refractivity contribution is -0.139. The Kier molecular flexibility index (Phi) is 7.16. The van der Waals surface area contributed by atoms with Crippen LogP contribution in [0.2, 0.25) is 0 Å². The van der Waals surface area contributed by atoms with Crippen molar-refractivity contribution in [2.24, 2.45) is 5.73 Å². The summed E-state index contributed by atoms with van der Waals surface area (Å²) in [4.78, 5) is 39.7. The molecule has 0 saturated carbocycles. The van der Waals surface area contributed by atoms with E-state index in [9.17, 15) is 18.8 Å². The zero-order chi connectivity index (χ0) is 26.0. The molecule has 0 spiro atoms. The van der Waals surface area contributed by atoms with Gasteiger partial charge in [-0.15, -0.1) is 11.3 Å². The van der Waals surface area contributed by atoms with Crippen LogP contribution in [0, 0.1) is 11.6 Å². The van der Waals surface area contributed by atoms with E-state index in [1.165, 1.54) is 42.5 Å². The second-order valence-corrected chi connectivity index (χ2v) is 8.71. The lowest BCUT2D eigenvalue weighted by atomic mass is 9.91. The highest BCUT2D eigenvalue weighted by Gasteiger charge is 2.39. The smallest absolute Gasteiger partial charge is 0.343 e. The topological polar surface area (TPSA) is 101 Å². The van der Waals surface area contributed by atoms with Crippen LogP contribution in [0.1, 0.15) is 31.0 Å². The van der Waals surface area contributed by atoms with Gasteiger partial charge in [-0.05, 0) is 32.1 Å². The zero-order valence-electron chi connectivity index (χ0n) is 19.4. The molecule has 0 saturated heterocycles. The van der Waals surface area contributed by atoms with Gasteiger partial charge in [0.1, 0.15) is 27.9 Å². The van der Waals surface area contributed by atoms with Crippen LogP contribution in [0.25, 0.3) is 11.6 Å². The molecule has 0 aliphatic carbocycles. The van der Waals surface area contributed by atoms with E-state index in [1.807, 2.05) is 0 Å². The van der Waals surface area contributed by atoms with Gasteiger partial charge in [0, 0.05) is 11.1 Å². The summed E-state index contributed by atoms with van der Waals surface area (Å²) >= 11 is 0.865. The minimum absolute atomic E-state index is 0.00487. The van der Waals surface area contributed by atoms with E-state index < -0.39 is 35.2 Å². The van der Waals surface area contributed by atoms with Crippen molar-refractivity contribution >= 4 is 34.9 Å². The van der Waals surface area contributed by atoms with E-state index in [4.69, 9.17) is 15.2 Å². The maximum atomic E-state index is 15.0. The maximum Gasteiger partial charge on any atom is 0.343 e. The van der Waals surface area contributed by atoms with Gasteiger partial charge in [-0.1, -0.05) is 36.4 Å². The van der Waals surface area contributed by atoms with Gasteiger partial charge >= 0.3 is 11.9 Å². The van der Waals surface area contributed by atoms with E-state index in [-0.39, 0.29) is 50.4 Å². The number of hydrogen-bond acceptors (Lipinski definition) is 7. The van der Waals surface area contributed by atoms with E-state index in [2.05, 4.69) is 0 Å². The summed E-state index contributed by atoms with van der Waals surface area (Å²) in [7, 11) is 0. The first-order valence-electron chi connectivity index (χ1n) is 11.1. The lowest BCUT2D eigenvalue weighted by Crippen LogP contribution is -2.44. The molecule has 0 fully saturated rings. The summed E-state index contributed by atoms with van der Waals surface area (Å²) in [6.07, 6.45) is 1.33. The van der Waals surface area contributed by atoms with Crippen LogP contribution in [0.5, 0.6) is 0 Å². The Balaban J connectivity index is 2.15. The molecule has 1 atom stereocenters. The predicted octanol–water partition coefficient (Wildman–Crippen LogP) is 2.11. The Bertz CT molecular complexity index is 1570. The van der Waals surface area contributed by atoms with Crippen LogP contribution in [0.4, 0.5) is 8.78 Å². The van der Waals surface area contributed by atoms with Crippen LogP contribution in [0.3, 0.4) is 0 Å². The number of ether oxygens (including phenoxy) is 2. The van der Waals surface area contributed by atoms with Crippen molar-refractivity contribution in [1.29, 1.82) is 0 Å². The average Bonchev–Trinajstić information content (AvgIpc) is 3.15. The van der Waals surface area contributed by atoms with Gasteiger partial charge in [-0.25, -0.2) is 18.4 Å². The molecular formula is C26H22F2N2O5S. The molecular weight excluding hydrogens is 490 g/mol. The van der Waals surface area contributed by atoms with Crippen LogP contribution < -0.4 is 20.5 Å². The van der Waals surface area contributed by atoms with Gasteiger partial charge in [-0.3, -0.25) is 9.36 Å². The number of esters is 2. The molecule has 36 heavy (non-hydrogen) atoms. The Labute approximate surface area is 208 Å². The Morgan fingerprint density at radius 3 is 2.25 bits per heavy atom. The number of fused-ring (bicyclic) bond motifs is 1. The molecule has 2 N–H and O–H groups in total. The van der Waals surface area contributed by atoms with E-state index >= 15 is 4.39 Å². The third kappa shape index (κ3) is 4.35. The first kappa shape index (κ1) is 25.1. The standard InChI is InChI=1S/C26H22F2N2O5S/c1-3-34-25(32)19-21(29)20(26(33)35-4-2)24-30(22(19)15-10-6-8-12-17(15)28)23(31)18(36-24)13-14-9-5-7-11-16(14)27/h5-13,22H,3-4,29H2,1-2H3/b18-13+/t22-/m1/s1. The number of nitrogens with two attached hydrogens (primary N) is 1. The van der Waals surface area contributed by atoms with Gasteiger partial charge in [0.15, 0.2) is 0 Å². The molecule has 1 aliphatic heterocycles. The highest BCUT2D eigenvalue weighted by atomic mass is 32.1. The number of benzene rings is 2. The largest absolute Gasteiger partial charge is 0.463 e. The molecule has 186 valence electrons.